The highest BCUT2D eigenvalue weighted by molar-refractivity contribution is 7.98. The fourth-order valence-corrected chi connectivity index (χ4v) is 1.67. The number of thioether (sulfide) groups is 1. The van der Waals surface area contributed by atoms with Gasteiger partial charge in [0.25, 0.3) is 0 Å². The molecule has 0 aliphatic carbocycles. The Morgan fingerprint density at radius 1 is 1.46 bits per heavy atom. The third-order valence-electron chi connectivity index (χ3n) is 2.24. The van der Waals surface area contributed by atoms with E-state index in [0.717, 1.165) is 5.75 Å². The van der Waals surface area contributed by atoms with Crippen LogP contribution < -0.4 is 10.6 Å². The smallest absolute Gasteiger partial charge is 0.169 e. The van der Waals surface area contributed by atoms with Gasteiger partial charge in [0.15, 0.2) is 5.78 Å². The molecule has 0 fully saturated rings. The molecule has 0 saturated heterocycles. The molecule has 0 aliphatic heterocycles. The van der Waals surface area contributed by atoms with Crippen LogP contribution in [0.15, 0.2) is 0 Å². The molecule has 13 heavy (non-hydrogen) atoms. The summed E-state index contributed by atoms with van der Waals surface area (Å²) < 4.78 is 0. The normalized spacial score (nSPS) is 14.2. The summed E-state index contributed by atoms with van der Waals surface area (Å²) in [5, 5.41) is 6.05. The second kappa shape index (κ2) is 5.62. The quantitative estimate of drug-likeness (QED) is 0.661. The Kier molecular flexibility index (Phi) is 5.60. The zero-order valence-electron chi connectivity index (χ0n) is 9.10. The highest BCUT2D eigenvalue weighted by Gasteiger charge is 2.30. The molecule has 78 valence electrons. The molecule has 0 aromatic heterocycles. The van der Waals surface area contributed by atoms with Crippen molar-refractivity contribution in [1.82, 2.24) is 10.6 Å². The van der Waals surface area contributed by atoms with Crippen molar-refractivity contribution >= 4 is 17.5 Å². The molecule has 0 aliphatic rings. The molecule has 0 amide bonds. The predicted octanol–water partition coefficient (Wildman–Crippen LogP) is 0.504. The Balaban J connectivity index is 4.36. The fourth-order valence-electron chi connectivity index (χ4n) is 1.02. The lowest BCUT2D eigenvalue weighted by Crippen LogP contribution is -2.54. The number of nitrogens with one attached hydrogen (secondary N) is 2. The Morgan fingerprint density at radius 2 is 2.00 bits per heavy atom. The zero-order valence-corrected chi connectivity index (χ0v) is 9.92. The summed E-state index contributed by atoms with van der Waals surface area (Å²) in [6.07, 6.45) is 2.00. The van der Waals surface area contributed by atoms with Gasteiger partial charge in [0.2, 0.25) is 0 Å². The maximum absolute atomic E-state index is 11.9. The van der Waals surface area contributed by atoms with Crippen LogP contribution in [0, 0.1) is 0 Å². The van der Waals surface area contributed by atoms with E-state index in [1.165, 1.54) is 0 Å². The molecule has 0 aromatic carbocycles. The molecule has 1 atom stereocenters. The molecular weight excluding hydrogens is 184 g/mol. The van der Waals surface area contributed by atoms with Crippen LogP contribution in [0.5, 0.6) is 0 Å². The van der Waals surface area contributed by atoms with E-state index in [1.807, 2.05) is 34.2 Å². The second-order valence-electron chi connectivity index (χ2n) is 3.54. The van der Waals surface area contributed by atoms with E-state index in [1.54, 1.807) is 11.8 Å². The Bertz CT molecular complexity index is 171. The monoisotopic (exact) mass is 204 g/mol. The van der Waals surface area contributed by atoms with Gasteiger partial charge in [-0.1, -0.05) is 0 Å². The number of ketones is 1. The van der Waals surface area contributed by atoms with Gasteiger partial charge in [-0.3, -0.25) is 4.79 Å². The molecule has 0 radical (unpaired) electrons. The first-order valence-corrected chi connectivity index (χ1v) is 5.78. The second-order valence-corrected chi connectivity index (χ2v) is 4.45. The number of carbonyl (C=O) groups is 1. The van der Waals surface area contributed by atoms with Gasteiger partial charge < -0.3 is 10.6 Å². The number of Topliss-reactive ketones (excluding diaryl/α,β-unsaturated/α-hetero) is 1. The van der Waals surface area contributed by atoms with E-state index in [9.17, 15) is 4.79 Å². The van der Waals surface area contributed by atoms with Crippen molar-refractivity contribution in [1.29, 1.82) is 0 Å². The van der Waals surface area contributed by atoms with Crippen LogP contribution in [0.3, 0.4) is 0 Å². The first-order chi connectivity index (χ1) is 5.99. The van der Waals surface area contributed by atoms with Crippen LogP contribution >= 0.6 is 11.8 Å². The van der Waals surface area contributed by atoms with E-state index in [0.29, 0.717) is 0 Å². The van der Waals surface area contributed by atoms with Crippen molar-refractivity contribution in [3.8, 4) is 0 Å². The molecule has 0 bridgehead atoms. The van der Waals surface area contributed by atoms with Crippen LogP contribution in [-0.2, 0) is 4.79 Å². The lowest BCUT2D eigenvalue weighted by molar-refractivity contribution is -0.125. The van der Waals surface area contributed by atoms with Gasteiger partial charge in [-0.15, -0.1) is 0 Å². The summed E-state index contributed by atoms with van der Waals surface area (Å²) in [7, 11) is 3.63. The van der Waals surface area contributed by atoms with Crippen molar-refractivity contribution < 1.29 is 4.79 Å². The van der Waals surface area contributed by atoms with Crippen LogP contribution in [0.2, 0.25) is 0 Å². The van der Waals surface area contributed by atoms with E-state index in [2.05, 4.69) is 10.6 Å². The number of hydrogen-bond acceptors (Lipinski definition) is 4. The summed E-state index contributed by atoms with van der Waals surface area (Å²) in [6.45, 7) is 3.81. The van der Waals surface area contributed by atoms with E-state index in [4.69, 9.17) is 0 Å². The van der Waals surface area contributed by atoms with Crippen molar-refractivity contribution in [2.45, 2.75) is 25.4 Å². The van der Waals surface area contributed by atoms with Crippen molar-refractivity contribution in [2.75, 3.05) is 26.1 Å². The van der Waals surface area contributed by atoms with Crippen molar-refractivity contribution in [2.24, 2.45) is 0 Å². The standard InChI is InChI=1S/C9H20N2OS/c1-9(2,11-4)8(12)7(10-3)6-13-5/h7,10-11H,6H2,1-5H3. The Labute approximate surface area is 85.0 Å². The van der Waals surface area contributed by atoms with Gasteiger partial charge in [0, 0.05) is 5.75 Å². The van der Waals surface area contributed by atoms with Gasteiger partial charge in [0.1, 0.15) is 0 Å². The first-order valence-electron chi connectivity index (χ1n) is 4.39. The third kappa shape index (κ3) is 3.67. The minimum absolute atomic E-state index is 0.0579. The van der Waals surface area contributed by atoms with E-state index in [-0.39, 0.29) is 11.8 Å². The van der Waals surface area contributed by atoms with Crippen LogP contribution in [0.25, 0.3) is 0 Å². The topological polar surface area (TPSA) is 41.1 Å². The molecule has 1 unspecified atom stereocenters. The predicted molar refractivity (Wildman–Crippen MR) is 59.4 cm³/mol. The summed E-state index contributed by atoms with van der Waals surface area (Å²) in [4.78, 5) is 11.9. The average molecular weight is 204 g/mol. The molecule has 2 N–H and O–H groups in total. The van der Waals surface area contributed by atoms with Crippen molar-refractivity contribution in [3.63, 3.8) is 0 Å². The molecular formula is C9H20N2OS. The van der Waals surface area contributed by atoms with Gasteiger partial charge in [-0.05, 0) is 34.2 Å². The number of hydrogen-bond donors (Lipinski definition) is 2. The average Bonchev–Trinajstić information content (AvgIpc) is 2.13. The molecule has 0 heterocycles. The third-order valence-corrected chi connectivity index (χ3v) is 2.91. The van der Waals surface area contributed by atoms with E-state index >= 15 is 0 Å². The maximum Gasteiger partial charge on any atom is 0.169 e. The van der Waals surface area contributed by atoms with Gasteiger partial charge in [-0.25, -0.2) is 0 Å². The Hall–Kier alpha value is -0.0600. The number of likely N-dealkylation sites (N-methyl/N-ethyl adjacent to an activating group) is 2. The molecule has 4 heteroatoms. The first kappa shape index (κ1) is 12.9. The fraction of sp³-hybridized carbons (Fsp3) is 0.889. The summed E-state index contributed by atoms with van der Waals surface area (Å²) in [5.74, 6) is 1.03. The summed E-state index contributed by atoms with van der Waals surface area (Å²) >= 11 is 1.68. The minimum atomic E-state index is -0.441. The van der Waals surface area contributed by atoms with Gasteiger partial charge in [0.05, 0.1) is 11.6 Å². The SMILES string of the molecule is CNC(CSC)C(=O)C(C)(C)NC. The van der Waals surface area contributed by atoms with Crippen LogP contribution in [0.1, 0.15) is 13.8 Å². The Morgan fingerprint density at radius 3 is 2.31 bits per heavy atom. The molecule has 3 nitrogen and oxygen atoms in total. The highest BCUT2D eigenvalue weighted by Crippen LogP contribution is 2.09. The van der Waals surface area contributed by atoms with Crippen LogP contribution in [-0.4, -0.2) is 43.5 Å². The number of carbonyl (C=O) groups excluding carboxylic acids is 1. The molecule has 0 saturated carbocycles. The van der Waals surface area contributed by atoms with Crippen LogP contribution in [0.4, 0.5) is 0 Å². The minimum Gasteiger partial charge on any atom is -0.310 e. The maximum atomic E-state index is 11.9. The lowest BCUT2D eigenvalue weighted by Gasteiger charge is -2.27. The highest BCUT2D eigenvalue weighted by atomic mass is 32.2. The molecule has 0 spiro atoms. The lowest BCUT2D eigenvalue weighted by atomic mass is 9.94. The van der Waals surface area contributed by atoms with Gasteiger partial charge in [-0.2, -0.15) is 11.8 Å². The zero-order chi connectivity index (χ0) is 10.5. The largest absolute Gasteiger partial charge is 0.310 e. The summed E-state index contributed by atoms with van der Waals surface area (Å²) in [5.41, 5.74) is -0.441. The molecule has 0 rings (SSSR count). The van der Waals surface area contributed by atoms with E-state index < -0.39 is 5.54 Å². The number of rotatable bonds is 6. The molecule has 0 aromatic rings. The summed E-state index contributed by atoms with van der Waals surface area (Å²) in [6, 6.07) is -0.0579. The van der Waals surface area contributed by atoms with Crippen molar-refractivity contribution in [3.05, 3.63) is 0 Å². The van der Waals surface area contributed by atoms with Gasteiger partial charge >= 0.3 is 0 Å².